The van der Waals surface area contributed by atoms with Crippen molar-refractivity contribution in [2.45, 2.75) is 61.3 Å². The van der Waals surface area contributed by atoms with Crippen LogP contribution in [-0.4, -0.2) is 32.1 Å². The zero-order chi connectivity index (χ0) is 16.5. The van der Waals surface area contributed by atoms with Crippen molar-refractivity contribution in [2.24, 2.45) is 23.7 Å². The summed E-state index contributed by atoms with van der Waals surface area (Å²) in [6.07, 6.45) is 0. The first-order valence-electron chi connectivity index (χ1n) is 8.67. The molecule has 0 aliphatic rings. The lowest BCUT2D eigenvalue weighted by Crippen LogP contribution is -2.76. The average molecular weight is 301 g/mol. The predicted molar refractivity (Wildman–Crippen MR) is 94.1 cm³/mol. The van der Waals surface area contributed by atoms with Crippen LogP contribution in [0.5, 0.6) is 0 Å². The van der Waals surface area contributed by atoms with E-state index in [2.05, 4.69) is 76.7 Å². The van der Waals surface area contributed by atoms with Crippen molar-refractivity contribution >= 4 is 0 Å². The van der Waals surface area contributed by atoms with Crippen LogP contribution in [0.25, 0.3) is 0 Å². The molecule has 0 spiro atoms. The summed E-state index contributed by atoms with van der Waals surface area (Å²) in [6, 6.07) is 0. The minimum absolute atomic E-state index is 0.372. The maximum absolute atomic E-state index is 3.67. The van der Waals surface area contributed by atoms with Gasteiger partial charge in [-0.15, -0.1) is 0 Å². The van der Waals surface area contributed by atoms with Gasteiger partial charge in [0.05, 0.1) is 0 Å². The molecule has 0 saturated heterocycles. The Hall–Kier alpha value is -0.160. The van der Waals surface area contributed by atoms with Gasteiger partial charge in [-0.2, -0.15) is 0 Å². The first kappa shape index (κ1) is 20.8. The van der Waals surface area contributed by atoms with Gasteiger partial charge in [0.2, 0.25) is 0 Å². The Morgan fingerprint density at radius 1 is 0.476 bits per heavy atom. The number of nitrogens with one attached hydrogen (secondary N) is 4. The Bertz CT molecular complexity index is 196. The molecule has 0 aliphatic carbocycles. The Labute approximate surface area is 133 Å². The molecular formula is C17H40N4. The molecule has 0 aromatic rings. The highest BCUT2D eigenvalue weighted by molar-refractivity contribution is 4.82. The van der Waals surface area contributed by atoms with Gasteiger partial charge >= 0.3 is 0 Å². The van der Waals surface area contributed by atoms with Gasteiger partial charge in [0.25, 0.3) is 0 Å². The zero-order valence-corrected chi connectivity index (χ0v) is 15.6. The molecule has 0 bridgehead atoms. The van der Waals surface area contributed by atoms with E-state index in [0.717, 1.165) is 26.2 Å². The largest absolute Gasteiger partial charge is 0.274 e. The van der Waals surface area contributed by atoms with Gasteiger partial charge in [0.1, 0.15) is 0 Å². The number of hydrogen-bond donors (Lipinski definition) is 4. The summed E-state index contributed by atoms with van der Waals surface area (Å²) in [6.45, 7) is 21.8. The van der Waals surface area contributed by atoms with Crippen molar-refractivity contribution in [1.29, 1.82) is 0 Å². The third kappa shape index (κ3) is 11.1. The second-order valence-electron chi connectivity index (χ2n) is 7.85. The SMILES string of the molecule is CC(C)CNC(NCC(C)C)(NCC(C)C)NCC(C)C. The molecule has 0 rings (SSSR count). The highest BCUT2D eigenvalue weighted by Gasteiger charge is 2.28. The van der Waals surface area contributed by atoms with Crippen molar-refractivity contribution in [3.05, 3.63) is 0 Å². The lowest BCUT2D eigenvalue weighted by atomic mass is 10.2. The van der Waals surface area contributed by atoms with Crippen LogP contribution in [0.3, 0.4) is 0 Å². The van der Waals surface area contributed by atoms with Gasteiger partial charge in [-0.1, -0.05) is 55.4 Å². The fourth-order valence-corrected chi connectivity index (χ4v) is 1.80. The summed E-state index contributed by atoms with van der Waals surface area (Å²) < 4.78 is 0. The summed E-state index contributed by atoms with van der Waals surface area (Å²) in [5.74, 6) is 2.10. The molecular weight excluding hydrogens is 260 g/mol. The summed E-state index contributed by atoms with van der Waals surface area (Å²) in [5.41, 5.74) is 0. The molecule has 0 aromatic carbocycles. The van der Waals surface area contributed by atoms with Crippen LogP contribution >= 0.6 is 0 Å². The highest BCUT2D eigenvalue weighted by atomic mass is 15.5. The summed E-state index contributed by atoms with van der Waals surface area (Å²) in [4.78, 5) is 0. The van der Waals surface area contributed by atoms with Gasteiger partial charge in [-0.3, -0.25) is 21.3 Å². The fraction of sp³-hybridized carbons (Fsp3) is 1.00. The number of hydrogen-bond acceptors (Lipinski definition) is 4. The molecule has 128 valence electrons. The number of rotatable bonds is 12. The summed E-state index contributed by atoms with van der Waals surface area (Å²) >= 11 is 0. The van der Waals surface area contributed by atoms with Crippen molar-refractivity contribution in [3.63, 3.8) is 0 Å². The van der Waals surface area contributed by atoms with Crippen molar-refractivity contribution in [3.8, 4) is 0 Å². The molecule has 0 atom stereocenters. The van der Waals surface area contributed by atoms with E-state index >= 15 is 0 Å². The lowest BCUT2D eigenvalue weighted by Gasteiger charge is -2.40. The summed E-state index contributed by atoms with van der Waals surface area (Å²) in [7, 11) is 0. The molecule has 0 aromatic heterocycles. The molecule has 21 heavy (non-hydrogen) atoms. The normalized spacial score (nSPS) is 13.1. The Balaban J connectivity index is 4.85. The van der Waals surface area contributed by atoms with E-state index in [1.165, 1.54) is 0 Å². The Kier molecular flexibility index (Phi) is 10.5. The van der Waals surface area contributed by atoms with Crippen LogP contribution in [0.1, 0.15) is 55.4 Å². The Morgan fingerprint density at radius 3 is 0.810 bits per heavy atom. The molecule has 4 nitrogen and oxygen atoms in total. The molecule has 4 N–H and O–H groups in total. The molecule has 4 heteroatoms. The second-order valence-corrected chi connectivity index (χ2v) is 7.85. The predicted octanol–water partition coefficient (Wildman–Crippen LogP) is 2.58. The van der Waals surface area contributed by atoms with E-state index in [-0.39, 0.29) is 5.91 Å². The first-order chi connectivity index (χ1) is 9.67. The minimum atomic E-state index is -0.372. The van der Waals surface area contributed by atoms with Crippen LogP contribution in [0.4, 0.5) is 0 Å². The minimum Gasteiger partial charge on any atom is -0.274 e. The third-order valence-corrected chi connectivity index (χ3v) is 3.10. The van der Waals surface area contributed by atoms with Crippen LogP contribution < -0.4 is 21.3 Å². The first-order valence-corrected chi connectivity index (χ1v) is 8.67. The lowest BCUT2D eigenvalue weighted by molar-refractivity contribution is 0.126. The van der Waals surface area contributed by atoms with E-state index in [4.69, 9.17) is 0 Å². The fourth-order valence-electron chi connectivity index (χ4n) is 1.80. The quantitative estimate of drug-likeness (QED) is 0.418. The molecule has 0 aliphatic heterocycles. The van der Waals surface area contributed by atoms with Gasteiger partial charge in [-0.25, -0.2) is 0 Å². The van der Waals surface area contributed by atoms with Gasteiger partial charge in [-0.05, 0) is 23.7 Å². The van der Waals surface area contributed by atoms with Crippen LogP contribution in [0.15, 0.2) is 0 Å². The molecule has 0 amide bonds. The van der Waals surface area contributed by atoms with Gasteiger partial charge in [0, 0.05) is 26.2 Å². The van der Waals surface area contributed by atoms with Crippen molar-refractivity contribution < 1.29 is 0 Å². The van der Waals surface area contributed by atoms with E-state index in [1.54, 1.807) is 0 Å². The van der Waals surface area contributed by atoms with E-state index in [9.17, 15) is 0 Å². The van der Waals surface area contributed by atoms with Gasteiger partial charge in [0.15, 0.2) is 5.91 Å². The zero-order valence-electron chi connectivity index (χ0n) is 15.6. The van der Waals surface area contributed by atoms with Crippen LogP contribution in [-0.2, 0) is 0 Å². The summed E-state index contributed by atoms with van der Waals surface area (Å²) in [5, 5.41) is 14.7. The van der Waals surface area contributed by atoms with E-state index < -0.39 is 0 Å². The molecule has 0 fully saturated rings. The van der Waals surface area contributed by atoms with E-state index in [1.807, 2.05) is 0 Å². The second kappa shape index (κ2) is 10.5. The molecule has 0 heterocycles. The van der Waals surface area contributed by atoms with Gasteiger partial charge < -0.3 is 0 Å². The van der Waals surface area contributed by atoms with Crippen LogP contribution in [0.2, 0.25) is 0 Å². The molecule has 0 radical (unpaired) electrons. The third-order valence-electron chi connectivity index (χ3n) is 3.10. The maximum atomic E-state index is 3.67. The monoisotopic (exact) mass is 300 g/mol. The Morgan fingerprint density at radius 2 is 0.667 bits per heavy atom. The topological polar surface area (TPSA) is 48.1 Å². The van der Waals surface area contributed by atoms with Crippen molar-refractivity contribution in [2.75, 3.05) is 26.2 Å². The maximum Gasteiger partial charge on any atom is 0.181 e. The van der Waals surface area contributed by atoms with Crippen LogP contribution in [0, 0.1) is 23.7 Å². The van der Waals surface area contributed by atoms with Crippen molar-refractivity contribution in [1.82, 2.24) is 21.3 Å². The van der Waals surface area contributed by atoms with E-state index in [0.29, 0.717) is 23.7 Å². The highest BCUT2D eigenvalue weighted by Crippen LogP contribution is 2.01. The standard InChI is InChI=1S/C17H40N4/c1-13(2)9-18-17(19-10-14(3)4,20-11-15(5)6)21-12-16(7)8/h13-16,18-21H,9-12H2,1-8H3. The molecule has 0 saturated carbocycles. The average Bonchev–Trinajstić information content (AvgIpc) is 2.36. The smallest absolute Gasteiger partial charge is 0.181 e. The molecule has 0 unspecified atom stereocenters.